The van der Waals surface area contributed by atoms with E-state index in [0.29, 0.717) is 19.6 Å². The normalized spacial score (nSPS) is 19.0. The molecule has 1 unspecified atom stereocenters. The number of hydrogen-bond acceptors (Lipinski definition) is 5. The summed E-state index contributed by atoms with van der Waals surface area (Å²) >= 11 is 0. The van der Waals surface area contributed by atoms with Crippen LogP contribution < -0.4 is 10.6 Å². The Labute approximate surface area is 176 Å². The van der Waals surface area contributed by atoms with Gasteiger partial charge in [-0.25, -0.2) is 0 Å². The molecule has 7 nitrogen and oxygen atoms in total. The van der Waals surface area contributed by atoms with Crippen molar-refractivity contribution >= 4 is 18.1 Å². The molecule has 0 saturated heterocycles. The molecule has 29 heavy (non-hydrogen) atoms. The number of aliphatic carboxylic acids is 1. The van der Waals surface area contributed by atoms with Crippen LogP contribution in [-0.2, 0) is 9.59 Å². The molecule has 0 aliphatic carbocycles. The van der Waals surface area contributed by atoms with Gasteiger partial charge in [0.1, 0.15) is 0 Å². The molecular formula is C22H42N4O3. The standard InChI is InChI=1S/C22H42N4O3/c1-3-4-5-6-7-8-9-10-11-12-13-14-22(25-19-21(28)29)24-16-18-26(22)17-15-23-20(2)27/h16,25H,3-15,17-19H2,1-2H3,(H,23,27)(H,28,29). The third kappa shape index (κ3) is 11.3. The second kappa shape index (κ2) is 15.4. The molecule has 0 aromatic heterocycles. The number of carbonyl (C=O) groups is 2. The maximum atomic E-state index is 11.1. The summed E-state index contributed by atoms with van der Waals surface area (Å²) in [6.07, 6.45) is 16.7. The molecule has 1 heterocycles. The predicted molar refractivity (Wildman–Crippen MR) is 118 cm³/mol. The first kappa shape index (κ1) is 25.6. The fourth-order valence-electron chi connectivity index (χ4n) is 3.89. The van der Waals surface area contributed by atoms with Crippen molar-refractivity contribution < 1.29 is 14.7 Å². The van der Waals surface area contributed by atoms with Crippen molar-refractivity contribution in [2.45, 2.75) is 96.7 Å². The van der Waals surface area contributed by atoms with Crippen molar-refractivity contribution in [1.29, 1.82) is 0 Å². The van der Waals surface area contributed by atoms with E-state index in [9.17, 15) is 9.59 Å². The second-order valence-electron chi connectivity index (χ2n) is 8.09. The second-order valence-corrected chi connectivity index (χ2v) is 8.09. The number of hydrogen-bond donors (Lipinski definition) is 3. The molecule has 1 atom stereocenters. The lowest BCUT2D eigenvalue weighted by Gasteiger charge is -2.37. The first-order chi connectivity index (χ1) is 14.0. The molecule has 168 valence electrons. The molecule has 0 aromatic carbocycles. The van der Waals surface area contributed by atoms with Crippen LogP contribution in [0.25, 0.3) is 0 Å². The Balaban J connectivity index is 2.30. The summed E-state index contributed by atoms with van der Waals surface area (Å²) < 4.78 is 0. The quantitative estimate of drug-likeness (QED) is 0.301. The number of nitrogens with one attached hydrogen (secondary N) is 2. The van der Waals surface area contributed by atoms with Gasteiger partial charge in [-0.15, -0.1) is 0 Å². The lowest BCUT2D eigenvalue weighted by Crippen LogP contribution is -2.57. The number of nitrogens with zero attached hydrogens (tertiary/aromatic N) is 2. The highest BCUT2D eigenvalue weighted by atomic mass is 16.4. The molecule has 1 aliphatic rings. The van der Waals surface area contributed by atoms with Gasteiger partial charge >= 0.3 is 5.97 Å². The van der Waals surface area contributed by atoms with E-state index in [1.165, 1.54) is 64.7 Å². The highest BCUT2D eigenvalue weighted by Crippen LogP contribution is 2.25. The molecule has 1 rings (SSSR count). The van der Waals surface area contributed by atoms with E-state index in [-0.39, 0.29) is 12.5 Å². The molecule has 0 fully saturated rings. The van der Waals surface area contributed by atoms with Gasteiger partial charge < -0.3 is 10.4 Å². The minimum Gasteiger partial charge on any atom is -0.480 e. The number of carboxylic acid groups (broad SMARTS) is 1. The van der Waals surface area contributed by atoms with Gasteiger partial charge in [-0.3, -0.25) is 24.8 Å². The van der Waals surface area contributed by atoms with Gasteiger partial charge in [-0.05, 0) is 6.42 Å². The highest BCUT2D eigenvalue weighted by Gasteiger charge is 2.38. The van der Waals surface area contributed by atoms with Crippen LogP contribution in [0.4, 0.5) is 0 Å². The fraction of sp³-hybridized carbons (Fsp3) is 0.864. The third-order valence-corrected chi connectivity index (χ3v) is 5.54. The van der Waals surface area contributed by atoms with Gasteiger partial charge in [0.2, 0.25) is 5.91 Å². The predicted octanol–water partition coefficient (Wildman–Crippen LogP) is 3.54. The van der Waals surface area contributed by atoms with Crippen molar-refractivity contribution in [3.05, 3.63) is 0 Å². The molecule has 7 heteroatoms. The van der Waals surface area contributed by atoms with Crippen molar-refractivity contribution in [3.8, 4) is 0 Å². The number of carboxylic acids is 1. The SMILES string of the molecule is CCCCCCCCCCCCCC1(NCC(=O)O)N=CCN1CCNC(C)=O. The summed E-state index contributed by atoms with van der Waals surface area (Å²) in [6, 6.07) is 0. The summed E-state index contributed by atoms with van der Waals surface area (Å²) in [4.78, 5) is 28.9. The molecule has 1 amide bonds. The van der Waals surface area contributed by atoms with Crippen molar-refractivity contribution in [3.63, 3.8) is 0 Å². The van der Waals surface area contributed by atoms with Gasteiger partial charge in [0.05, 0.1) is 6.54 Å². The maximum Gasteiger partial charge on any atom is 0.317 e. The van der Waals surface area contributed by atoms with Crippen molar-refractivity contribution in [2.75, 3.05) is 26.2 Å². The van der Waals surface area contributed by atoms with Crippen LogP contribution in [0, 0.1) is 0 Å². The highest BCUT2D eigenvalue weighted by molar-refractivity contribution is 5.72. The summed E-state index contributed by atoms with van der Waals surface area (Å²) in [6.45, 7) is 5.48. The molecule has 0 radical (unpaired) electrons. The van der Waals surface area contributed by atoms with Crippen LogP contribution >= 0.6 is 0 Å². The Morgan fingerprint density at radius 3 is 2.17 bits per heavy atom. The monoisotopic (exact) mass is 410 g/mol. The lowest BCUT2D eigenvalue weighted by atomic mass is 10.0. The minimum atomic E-state index is -0.882. The first-order valence-electron chi connectivity index (χ1n) is 11.5. The molecule has 0 spiro atoms. The van der Waals surface area contributed by atoms with Gasteiger partial charge in [0.25, 0.3) is 0 Å². The largest absolute Gasteiger partial charge is 0.480 e. The average Bonchev–Trinajstić information content (AvgIpc) is 3.07. The van der Waals surface area contributed by atoms with E-state index in [0.717, 1.165) is 19.3 Å². The topological polar surface area (TPSA) is 94.0 Å². The van der Waals surface area contributed by atoms with E-state index in [2.05, 4.69) is 27.4 Å². The molecule has 0 bridgehead atoms. The number of carbonyl (C=O) groups excluding carboxylic acids is 1. The Morgan fingerprint density at radius 1 is 1.03 bits per heavy atom. The Hall–Kier alpha value is -1.47. The van der Waals surface area contributed by atoms with Crippen LogP contribution in [0.2, 0.25) is 0 Å². The summed E-state index contributed by atoms with van der Waals surface area (Å²) in [7, 11) is 0. The zero-order valence-corrected chi connectivity index (χ0v) is 18.5. The summed E-state index contributed by atoms with van der Waals surface area (Å²) in [5.41, 5.74) is 0. The zero-order valence-electron chi connectivity index (χ0n) is 18.5. The van der Waals surface area contributed by atoms with Gasteiger partial charge in [0, 0.05) is 39.2 Å². The van der Waals surface area contributed by atoms with Crippen LogP contribution in [0.15, 0.2) is 4.99 Å². The van der Waals surface area contributed by atoms with E-state index in [1.54, 1.807) is 0 Å². The fourth-order valence-corrected chi connectivity index (χ4v) is 3.89. The number of unbranched alkanes of at least 4 members (excludes halogenated alkanes) is 10. The molecule has 3 N–H and O–H groups in total. The molecule has 0 aromatic rings. The smallest absolute Gasteiger partial charge is 0.317 e. The van der Waals surface area contributed by atoms with Gasteiger partial charge in [-0.1, -0.05) is 71.1 Å². The van der Waals surface area contributed by atoms with E-state index in [1.807, 2.05) is 6.21 Å². The molecular weight excluding hydrogens is 368 g/mol. The Morgan fingerprint density at radius 2 is 1.62 bits per heavy atom. The number of aliphatic imine (C=N–C) groups is 1. The van der Waals surface area contributed by atoms with Crippen LogP contribution in [0.5, 0.6) is 0 Å². The van der Waals surface area contributed by atoms with E-state index < -0.39 is 11.8 Å². The zero-order chi connectivity index (χ0) is 21.4. The van der Waals surface area contributed by atoms with Crippen LogP contribution in [0.3, 0.4) is 0 Å². The average molecular weight is 411 g/mol. The van der Waals surface area contributed by atoms with E-state index >= 15 is 0 Å². The first-order valence-corrected chi connectivity index (χ1v) is 11.5. The number of rotatable bonds is 18. The van der Waals surface area contributed by atoms with Gasteiger partial charge in [-0.2, -0.15) is 0 Å². The van der Waals surface area contributed by atoms with Crippen LogP contribution in [-0.4, -0.2) is 60.1 Å². The maximum absolute atomic E-state index is 11.1. The third-order valence-electron chi connectivity index (χ3n) is 5.54. The van der Waals surface area contributed by atoms with Crippen LogP contribution in [0.1, 0.15) is 90.9 Å². The van der Waals surface area contributed by atoms with Gasteiger partial charge in [0.15, 0.2) is 5.79 Å². The molecule has 0 saturated carbocycles. The summed E-state index contributed by atoms with van der Waals surface area (Å²) in [5, 5.41) is 15.0. The van der Waals surface area contributed by atoms with E-state index in [4.69, 9.17) is 5.11 Å². The summed E-state index contributed by atoms with van der Waals surface area (Å²) in [5.74, 6) is -1.59. The Bertz CT molecular complexity index is 498. The number of amides is 1. The minimum absolute atomic E-state index is 0.0560. The molecule has 1 aliphatic heterocycles. The Kier molecular flexibility index (Phi) is 13.6. The van der Waals surface area contributed by atoms with Crippen molar-refractivity contribution in [1.82, 2.24) is 15.5 Å². The lowest BCUT2D eigenvalue weighted by molar-refractivity contribution is -0.136. The van der Waals surface area contributed by atoms with Crippen molar-refractivity contribution in [2.24, 2.45) is 4.99 Å².